The number of nitrogens with two attached hydrogens (primary N) is 1. The molecule has 2 saturated carbocycles. The van der Waals surface area contributed by atoms with Gasteiger partial charge in [-0.05, 0) is 50.0 Å². The molecule has 1 heterocycles. The third-order valence-corrected chi connectivity index (χ3v) is 5.79. The maximum atomic E-state index is 6.18. The highest BCUT2D eigenvalue weighted by molar-refractivity contribution is 5.09. The van der Waals surface area contributed by atoms with Gasteiger partial charge in [-0.1, -0.05) is 19.8 Å². The molecular formula is C14H26N2. The molecule has 2 heteroatoms. The molecule has 2 nitrogen and oxygen atoms in total. The first kappa shape index (κ1) is 11.0. The third kappa shape index (κ3) is 1.46. The summed E-state index contributed by atoms with van der Waals surface area (Å²) >= 11 is 0. The molecule has 2 N–H and O–H groups in total. The van der Waals surface area contributed by atoms with Crippen LogP contribution < -0.4 is 5.73 Å². The van der Waals surface area contributed by atoms with Gasteiger partial charge in [0.25, 0.3) is 0 Å². The van der Waals surface area contributed by atoms with Gasteiger partial charge in [-0.15, -0.1) is 0 Å². The summed E-state index contributed by atoms with van der Waals surface area (Å²) in [5.41, 5.74) is 6.60. The van der Waals surface area contributed by atoms with E-state index in [-0.39, 0.29) is 0 Å². The normalized spacial score (nSPS) is 48.0. The number of fused-ring (bicyclic) bond motifs is 2. The number of likely N-dealkylation sites (tertiary alicyclic amines) is 1. The summed E-state index contributed by atoms with van der Waals surface area (Å²) in [4.78, 5) is 2.78. The standard InChI is InChI=1S/C14H26N2/c1-2-11-5-6-16(9-11)14(10-15)8-12-3-4-13(14)7-12/h11-13H,2-10,15H2,1H3. The molecule has 0 amide bonds. The molecular weight excluding hydrogens is 196 g/mol. The van der Waals surface area contributed by atoms with Gasteiger partial charge in [-0.2, -0.15) is 0 Å². The van der Waals surface area contributed by atoms with Crippen molar-refractivity contribution in [3.05, 3.63) is 0 Å². The zero-order valence-electron chi connectivity index (χ0n) is 10.6. The summed E-state index contributed by atoms with van der Waals surface area (Å²) in [5, 5.41) is 0. The summed E-state index contributed by atoms with van der Waals surface area (Å²) in [6, 6.07) is 0. The Morgan fingerprint density at radius 2 is 2.19 bits per heavy atom. The zero-order chi connectivity index (χ0) is 11.2. The molecule has 0 spiro atoms. The molecule has 3 rings (SSSR count). The largest absolute Gasteiger partial charge is 0.329 e. The lowest BCUT2D eigenvalue weighted by Gasteiger charge is -2.45. The van der Waals surface area contributed by atoms with E-state index in [9.17, 15) is 0 Å². The Kier molecular flexibility index (Phi) is 2.75. The third-order valence-electron chi connectivity index (χ3n) is 5.79. The van der Waals surface area contributed by atoms with E-state index in [0.717, 1.165) is 24.3 Å². The van der Waals surface area contributed by atoms with Gasteiger partial charge < -0.3 is 5.73 Å². The molecule has 2 bridgehead atoms. The van der Waals surface area contributed by atoms with Crippen LogP contribution in [0.4, 0.5) is 0 Å². The summed E-state index contributed by atoms with van der Waals surface area (Å²) in [5.74, 6) is 2.88. The Balaban J connectivity index is 1.76. The van der Waals surface area contributed by atoms with E-state index in [1.807, 2.05) is 0 Å². The van der Waals surface area contributed by atoms with Crippen molar-refractivity contribution in [3.63, 3.8) is 0 Å². The lowest BCUT2D eigenvalue weighted by Crippen LogP contribution is -2.56. The van der Waals surface area contributed by atoms with Gasteiger partial charge in [0.05, 0.1) is 0 Å². The fourth-order valence-corrected chi connectivity index (χ4v) is 4.75. The Morgan fingerprint density at radius 1 is 1.31 bits per heavy atom. The zero-order valence-corrected chi connectivity index (χ0v) is 10.6. The van der Waals surface area contributed by atoms with Crippen LogP contribution in [0.5, 0.6) is 0 Å². The van der Waals surface area contributed by atoms with E-state index in [2.05, 4.69) is 11.8 Å². The average molecular weight is 222 g/mol. The molecule has 0 radical (unpaired) electrons. The number of hydrogen-bond donors (Lipinski definition) is 1. The van der Waals surface area contributed by atoms with Crippen molar-refractivity contribution < 1.29 is 0 Å². The Morgan fingerprint density at radius 3 is 2.69 bits per heavy atom. The monoisotopic (exact) mass is 222 g/mol. The summed E-state index contributed by atoms with van der Waals surface area (Å²) < 4.78 is 0. The summed E-state index contributed by atoms with van der Waals surface area (Å²) in [6.45, 7) is 5.89. The van der Waals surface area contributed by atoms with Crippen molar-refractivity contribution in [2.75, 3.05) is 19.6 Å². The van der Waals surface area contributed by atoms with Crippen LogP contribution in [0.2, 0.25) is 0 Å². The van der Waals surface area contributed by atoms with Crippen molar-refractivity contribution >= 4 is 0 Å². The first-order chi connectivity index (χ1) is 7.78. The average Bonchev–Trinajstić information content (AvgIpc) is 3.03. The van der Waals surface area contributed by atoms with Crippen LogP contribution >= 0.6 is 0 Å². The molecule has 3 fully saturated rings. The molecule has 4 atom stereocenters. The number of nitrogens with zero attached hydrogens (tertiary/aromatic N) is 1. The first-order valence-corrected chi connectivity index (χ1v) is 7.23. The Hall–Kier alpha value is -0.0800. The molecule has 1 aliphatic heterocycles. The maximum Gasteiger partial charge on any atom is 0.0362 e. The second-order valence-electron chi connectivity index (χ2n) is 6.40. The fourth-order valence-electron chi connectivity index (χ4n) is 4.75. The molecule has 0 aromatic rings. The van der Waals surface area contributed by atoms with Crippen LogP contribution in [0.25, 0.3) is 0 Å². The highest BCUT2D eigenvalue weighted by atomic mass is 15.2. The topological polar surface area (TPSA) is 29.3 Å². The predicted molar refractivity (Wildman–Crippen MR) is 67.2 cm³/mol. The minimum absolute atomic E-state index is 0.423. The van der Waals surface area contributed by atoms with Crippen LogP contribution in [0.15, 0.2) is 0 Å². The van der Waals surface area contributed by atoms with Gasteiger partial charge in [0.15, 0.2) is 0 Å². The van der Waals surface area contributed by atoms with Crippen molar-refractivity contribution in [2.24, 2.45) is 23.5 Å². The molecule has 0 aromatic carbocycles. The number of hydrogen-bond acceptors (Lipinski definition) is 2. The van der Waals surface area contributed by atoms with Crippen molar-refractivity contribution in [2.45, 2.75) is 51.0 Å². The van der Waals surface area contributed by atoms with Crippen molar-refractivity contribution in [3.8, 4) is 0 Å². The molecule has 0 aromatic heterocycles. The van der Waals surface area contributed by atoms with Gasteiger partial charge in [0.1, 0.15) is 0 Å². The first-order valence-electron chi connectivity index (χ1n) is 7.23. The van der Waals surface area contributed by atoms with Gasteiger partial charge >= 0.3 is 0 Å². The van der Waals surface area contributed by atoms with E-state index in [4.69, 9.17) is 5.73 Å². The van der Waals surface area contributed by atoms with Gasteiger partial charge in [-0.3, -0.25) is 4.90 Å². The minimum Gasteiger partial charge on any atom is -0.329 e. The van der Waals surface area contributed by atoms with Crippen molar-refractivity contribution in [1.29, 1.82) is 0 Å². The van der Waals surface area contributed by atoms with E-state index in [1.54, 1.807) is 0 Å². The molecule has 92 valence electrons. The van der Waals surface area contributed by atoms with Crippen LogP contribution in [0.1, 0.15) is 45.4 Å². The SMILES string of the molecule is CCC1CCN(C2(CN)CC3CCC2C3)C1. The van der Waals surface area contributed by atoms with E-state index < -0.39 is 0 Å². The second kappa shape index (κ2) is 3.99. The second-order valence-corrected chi connectivity index (χ2v) is 6.40. The summed E-state index contributed by atoms with van der Waals surface area (Å²) in [6.07, 6.45) is 8.59. The smallest absolute Gasteiger partial charge is 0.0362 e. The predicted octanol–water partition coefficient (Wildman–Crippen LogP) is 2.24. The minimum atomic E-state index is 0.423. The quantitative estimate of drug-likeness (QED) is 0.793. The van der Waals surface area contributed by atoms with E-state index in [1.165, 1.54) is 51.6 Å². The lowest BCUT2D eigenvalue weighted by molar-refractivity contribution is 0.0601. The summed E-state index contributed by atoms with van der Waals surface area (Å²) in [7, 11) is 0. The molecule has 4 unspecified atom stereocenters. The van der Waals surface area contributed by atoms with Crippen LogP contribution in [0, 0.1) is 17.8 Å². The molecule has 2 aliphatic carbocycles. The highest BCUT2D eigenvalue weighted by Gasteiger charge is 2.54. The van der Waals surface area contributed by atoms with Crippen LogP contribution in [-0.2, 0) is 0 Å². The fraction of sp³-hybridized carbons (Fsp3) is 1.00. The van der Waals surface area contributed by atoms with E-state index >= 15 is 0 Å². The van der Waals surface area contributed by atoms with Crippen LogP contribution in [-0.4, -0.2) is 30.1 Å². The highest BCUT2D eigenvalue weighted by Crippen LogP contribution is 2.54. The van der Waals surface area contributed by atoms with Gasteiger partial charge in [0.2, 0.25) is 0 Å². The maximum absolute atomic E-state index is 6.18. The van der Waals surface area contributed by atoms with Crippen LogP contribution in [0.3, 0.4) is 0 Å². The Labute approximate surface area is 99.6 Å². The van der Waals surface area contributed by atoms with Gasteiger partial charge in [0, 0.05) is 18.6 Å². The molecule has 1 saturated heterocycles. The lowest BCUT2D eigenvalue weighted by atomic mass is 9.79. The number of rotatable bonds is 3. The molecule has 16 heavy (non-hydrogen) atoms. The van der Waals surface area contributed by atoms with E-state index in [0.29, 0.717) is 5.54 Å². The molecule has 3 aliphatic rings. The Bertz CT molecular complexity index is 265. The van der Waals surface area contributed by atoms with Gasteiger partial charge in [-0.25, -0.2) is 0 Å². The van der Waals surface area contributed by atoms with Crippen molar-refractivity contribution in [1.82, 2.24) is 4.90 Å².